The Bertz CT molecular complexity index is 1010. The molecule has 0 aliphatic carbocycles. The second kappa shape index (κ2) is 6.74. The summed E-state index contributed by atoms with van der Waals surface area (Å²) in [5.74, 6) is 1.25. The van der Waals surface area contributed by atoms with Crippen molar-refractivity contribution in [2.24, 2.45) is 0 Å². The smallest absolute Gasteiger partial charge is 0.325 e. The van der Waals surface area contributed by atoms with E-state index in [1.165, 1.54) is 11.3 Å². The number of carbonyl (C=O) groups excluding carboxylic acids is 1. The Hall–Kier alpha value is -3.57. The van der Waals surface area contributed by atoms with Gasteiger partial charge in [-0.2, -0.15) is 5.26 Å². The standard InChI is InChI=1S/C18H12N4O3S/c19-8-11-1-3-12(4-2-11)14-9-26-18(21-14)22-17(23)20-13-5-6-15-16(7-13)25-10-24-15/h1-7,9H,10H2,(H2,20,21,22,23). The second-order valence-corrected chi connectivity index (χ2v) is 6.23. The van der Waals surface area contributed by atoms with Gasteiger partial charge >= 0.3 is 6.03 Å². The van der Waals surface area contributed by atoms with Gasteiger partial charge in [-0.05, 0) is 24.3 Å². The number of thiazole rings is 1. The summed E-state index contributed by atoms with van der Waals surface area (Å²) in [6.07, 6.45) is 0. The van der Waals surface area contributed by atoms with Crippen LogP contribution in [0.4, 0.5) is 15.6 Å². The first-order valence-electron chi connectivity index (χ1n) is 7.65. The summed E-state index contributed by atoms with van der Waals surface area (Å²) in [4.78, 5) is 16.5. The predicted molar refractivity (Wildman–Crippen MR) is 97.5 cm³/mol. The van der Waals surface area contributed by atoms with Crippen molar-refractivity contribution in [3.05, 3.63) is 53.4 Å². The molecule has 3 aromatic rings. The van der Waals surface area contributed by atoms with E-state index in [2.05, 4.69) is 21.7 Å². The molecule has 8 heteroatoms. The minimum absolute atomic E-state index is 0.183. The highest BCUT2D eigenvalue weighted by molar-refractivity contribution is 7.14. The lowest BCUT2D eigenvalue weighted by atomic mass is 10.1. The first-order chi connectivity index (χ1) is 12.7. The lowest BCUT2D eigenvalue weighted by molar-refractivity contribution is 0.174. The Balaban J connectivity index is 1.42. The van der Waals surface area contributed by atoms with Gasteiger partial charge in [0.1, 0.15) is 0 Å². The molecular weight excluding hydrogens is 352 g/mol. The molecule has 2 amide bonds. The molecule has 4 rings (SSSR count). The average Bonchev–Trinajstić information content (AvgIpc) is 3.30. The van der Waals surface area contributed by atoms with Crippen LogP contribution in [0.5, 0.6) is 11.5 Å². The third-order valence-electron chi connectivity index (χ3n) is 3.66. The van der Waals surface area contributed by atoms with Gasteiger partial charge in [-0.25, -0.2) is 9.78 Å². The van der Waals surface area contributed by atoms with Crippen LogP contribution in [-0.2, 0) is 0 Å². The molecular formula is C18H12N4O3S. The lowest BCUT2D eigenvalue weighted by Gasteiger charge is -2.06. The summed E-state index contributed by atoms with van der Waals surface area (Å²) in [7, 11) is 0. The molecule has 128 valence electrons. The topological polar surface area (TPSA) is 96.3 Å². The minimum Gasteiger partial charge on any atom is -0.454 e. The molecule has 0 radical (unpaired) electrons. The van der Waals surface area contributed by atoms with Crippen LogP contribution in [0.2, 0.25) is 0 Å². The number of nitrogens with zero attached hydrogens (tertiary/aromatic N) is 2. The lowest BCUT2D eigenvalue weighted by Crippen LogP contribution is -2.19. The number of anilines is 2. The average molecular weight is 364 g/mol. The van der Waals surface area contributed by atoms with E-state index in [1.807, 2.05) is 17.5 Å². The van der Waals surface area contributed by atoms with E-state index in [0.717, 1.165) is 11.3 Å². The van der Waals surface area contributed by atoms with Crippen molar-refractivity contribution in [2.75, 3.05) is 17.4 Å². The molecule has 0 saturated carbocycles. The van der Waals surface area contributed by atoms with Crippen LogP contribution in [0, 0.1) is 11.3 Å². The van der Waals surface area contributed by atoms with Crippen molar-refractivity contribution in [2.45, 2.75) is 0 Å². The van der Waals surface area contributed by atoms with Crippen LogP contribution in [0.15, 0.2) is 47.8 Å². The number of ether oxygens (including phenoxy) is 2. The van der Waals surface area contributed by atoms with E-state index >= 15 is 0 Å². The normalized spacial score (nSPS) is 11.7. The molecule has 26 heavy (non-hydrogen) atoms. The monoisotopic (exact) mass is 364 g/mol. The van der Waals surface area contributed by atoms with E-state index in [-0.39, 0.29) is 6.79 Å². The maximum Gasteiger partial charge on any atom is 0.325 e. The highest BCUT2D eigenvalue weighted by Gasteiger charge is 2.14. The van der Waals surface area contributed by atoms with Crippen molar-refractivity contribution in [3.8, 4) is 28.8 Å². The first-order valence-corrected chi connectivity index (χ1v) is 8.53. The number of benzene rings is 2. The van der Waals surface area contributed by atoms with Crippen molar-refractivity contribution in [1.29, 1.82) is 5.26 Å². The second-order valence-electron chi connectivity index (χ2n) is 5.37. The molecule has 2 N–H and O–H groups in total. The number of carbonyl (C=O) groups is 1. The molecule has 0 unspecified atom stereocenters. The van der Waals surface area contributed by atoms with Gasteiger partial charge in [-0.3, -0.25) is 5.32 Å². The van der Waals surface area contributed by atoms with Gasteiger partial charge in [0.05, 0.1) is 17.3 Å². The van der Waals surface area contributed by atoms with Gasteiger partial charge < -0.3 is 14.8 Å². The quantitative estimate of drug-likeness (QED) is 0.731. The van der Waals surface area contributed by atoms with E-state index in [1.54, 1.807) is 30.3 Å². The number of nitrogens with one attached hydrogen (secondary N) is 2. The molecule has 0 spiro atoms. The Morgan fingerprint density at radius 3 is 2.73 bits per heavy atom. The van der Waals surface area contributed by atoms with Gasteiger partial charge in [-0.1, -0.05) is 12.1 Å². The fourth-order valence-corrected chi connectivity index (χ4v) is 3.13. The number of nitriles is 1. The number of amides is 2. The molecule has 1 aliphatic heterocycles. The zero-order valence-corrected chi connectivity index (χ0v) is 14.2. The number of fused-ring (bicyclic) bond motifs is 1. The van der Waals surface area contributed by atoms with Crippen LogP contribution >= 0.6 is 11.3 Å². The van der Waals surface area contributed by atoms with E-state index in [4.69, 9.17) is 14.7 Å². The zero-order chi connectivity index (χ0) is 17.9. The number of aromatic nitrogens is 1. The Morgan fingerprint density at radius 1 is 1.12 bits per heavy atom. The minimum atomic E-state index is -0.399. The Labute approximate surface area is 152 Å². The fraction of sp³-hybridized carbons (Fsp3) is 0.0556. The summed E-state index contributed by atoms with van der Waals surface area (Å²) in [5.41, 5.74) is 2.79. The summed E-state index contributed by atoms with van der Waals surface area (Å²) >= 11 is 1.32. The van der Waals surface area contributed by atoms with Gasteiger partial charge in [0.2, 0.25) is 6.79 Å². The fourth-order valence-electron chi connectivity index (χ4n) is 2.41. The highest BCUT2D eigenvalue weighted by Crippen LogP contribution is 2.34. The third kappa shape index (κ3) is 3.29. The molecule has 2 aromatic carbocycles. The molecule has 0 fully saturated rings. The predicted octanol–water partition coefficient (Wildman–Crippen LogP) is 4.05. The largest absolute Gasteiger partial charge is 0.454 e. The molecule has 0 bridgehead atoms. The zero-order valence-electron chi connectivity index (χ0n) is 13.4. The van der Waals surface area contributed by atoms with E-state index in [0.29, 0.717) is 27.9 Å². The van der Waals surface area contributed by atoms with Gasteiger partial charge in [0.25, 0.3) is 0 Å². The molecule has 7 nitrogen and oxygen atoms in total. The van der Waals surface area contributed by atoms with Gasteiger partial charge in [0, 0.05) is 22.7 Å². The maximum absolute atomic E-state index is 12.1. The molecule has 1 aromatic heterocycles. The van der Waals surface area contributed by atoms with Crippen molar-refractivity contribution >= 4 is 28.2 Å². The van der Waals surface area contributed by atoms with Crippen molar-refractivity contribution in [1.82, 2.24) is 4.98 Å². The third-order valence-corrected chi connectivity index (χ3v) is 4.42. The van der Waals surface area contributed by atoms with Crippen LogP contribution in [0.3, 0.4) is 0 Å². The number of urea groups is 1. The Morgan fingerprint density at radius 2 is 1.92 bits per heavy atom. The summed E-state index contributed by atoms with van der Waals surface area (Å²) in [5, 5.41) is 16.6. The SMILES string of the molecule is N#Cc1ccc(-c2csc(NC(=O)Nc3ccc4c(c3)OCO4)n2)cc1. The van der Waals surface area contributed by atoms with E-state index < -0.39 is 6.03 Å². The summed E-state index contributed by atoms with van der Waals surface area (Å²) in [6, 6.07) is 14.0. The number of hydrogen-bond donors (Lipinski definition) is 2. The van der Waals surface area contributed by atoms with Crippen LogP contribution < -0.4 is 20.1 Å². The van der Waals surface area contributed by atoms with Gasteiger partial charge in [-0.15, -0.1) is 11.3 Å². The Kier molecular flexibility index (Phi) is 4.13. The summed E-state index contributed by atoms with van der Waals surface area (Å²) in [6.45, 7) is 0.183. The highest BCUT2D eigenvalue weighted by atomic mass is 32.1. The first kappa shape index (κ1) is 15.9. The van der Waals surface area contributed by atoms with Crippen LogP contribution in [0.25, 0.3) is 11.3 Å². The van der Waals surface area contributed by atoms with Crippen LogP contribution in [0.1, 0.15) is 5.56 Å². The molecule has 0 atom stereocenters. The molecule has 2 heterocycles. The summed E-state index contributed by atoms with van der Waals surface area (Å²) < 4.78 is 10.5. The number of rotatable bonds is 3. The molecule has 1 aliphatic rings. The van der Waals surface area contributed by atoms with E-state index in [9.17, 15) is 4.79 Å². The van der Waals surface area contributed by atoms with Crippen molar-refractivity contribution in [3.63, 3.8) is 0 Å². The number of hydrogen-bond acceptors (Lipinski definition) is 6. The van der Waals surface area contributed by atoms with Crippen molar-refractivity contribution < 1.29 is 14.3 Å². The maximum atomic E-state index is 12.1. The molecule has 0 saturated heterocycles. The van der Waals surface area contributed by atoms with Crippen LogP contribution in [-0.4, -0.2) is 17.8 Å². The van der Waals surface area contributed by atoms with Gasteiger partial charge in [0.15, 0.2) is 16.6 Å².